The average Bonchev–Trinajstić information content (AvgIpc) is 2.42. The second kappa shape index (κ2) is 6.59. The molecule has 1 N–H and O–H groups in total. The van der Waals surface area contributed by atoms with Crippen molar-refractivity contribution in [3.05, 3.63) is 52.3 Å². The maximum Gasteiger partial charge on any atom is 0.274 e. The Morgan fingerprint density at radius 2 is 2.10 bits per heavy atom. The second-order valence-electron chi connectivity index (χ2n) is 3.87. The number of hydrogen-bond acceptors (Lipinski definition) is 3. The minimum Gasteiger partial charge on any atom is -0.492 e. The lowest BCUT2D eigenvalue weighted by Crippen LogP contribution is -2.14. The number of benzene rings is 1. The molecule has 1 amide bonds. The highest BCUT2D eigenvalue weighted by Gasteiger charge is 2.12. The maximum atomic E-state index is 12.1. The van der Waals surface area contributed by atoms with Crippen molar-refractivity contribution in [3.63, 3.8) is 0 Å². The van der Waals surface area contributed by atoms with Gasteiger partial charge in [0, 0.05) is 5.02 Å². The van der Waals surface area contributed by atoms with E-state index in [2.05, 4.69) is 10.3 Å². The number of hydrogen-bond donors (Lipinski definition) is 1. The molecule has 104 valence electrons. The fraction of sp³-hybridized carbons (Fsp3) is 0.143. The van der Waals surface area contributed by atoms with Gasteiger partial charge in [-0.1, -0.05) is 29.3 Å². The zero-order valence-electron chi connectivity index (χ0n) is 10.7. The van der Waals surface area contributed by atoms with Crippen molar-refractivity contribution >= 4 is 34.8 Å². The van der Waals surface area contributed by atoms with Gasteiger partial charge in [-0.2, -0.15) is 0 Å². The molecule has 4 nitrogen and oxygen atoms in total. The summed E-state index contributed by atoms with van der Waals surface area (Å²) in [6.07, 6.45) is 0. The van der Waals surface area contributed by atoms with E-state index in [1.54, 1.807) is 36.4 Å². The van der Waals surface area contributed by atoms with E-state index in [1.165, 1.54) is 0 Å². The lowest BCUT2D eigenvalue weighted by molar-refractivity contribution is 0.102. The fourth-order valence-corrected chi connectivity index (χ4v) is 1.94. The smallest absolute Gasteiger partial charge is 0.274 e. The largest absolute Gasteiger partial charge is 0.492 e. The molecular formula is C14H12Cl2N2O2. The van der Waals surface area contributed by atoms with Crippen LogP contribution in [-0.4, -0.2) is 17.5 Å². The first-order valence-corrected chi connectivity index (χ1v) is 6.72. The molecule has 0 atom stereocenters. The first-order valence-electron chi connectivity index (χ1n) is 5.96. The summed E-state index contributed by atoms with van der Waals surface area (Å²) in [6.45, 7) is 2.35. The molecule has 2 rings (SSSR count). The monoisotopic (exact) mass is 310 g/mol. The summed E-state index contributed by atoms with van der Waals surface area (Å²) >= 11 is 11.7. The van der Waals surface area contributed by atoms with Crippen molar-refractivity contribution < 1.29 is 9.53 Å². The highest BCUT2D eigenvalue weighted by atomic mass is 35.5. The molecule has 20 heavy (non-hydrogen) atoms. The maximum absolute atomic E-state index is 12.1. The fourth-order valence-electron chi connectivity index (χ4n) is 1.60. The third kappa shape index (κ3) is 3.62. The highest BCUT2D eigenvalue weighted by Crippen LogP contribution is 2.28. The lowest BCUT2D eigenvalue weighted by atomic mass is 10.2. The van der Waals surface area contributed by atoms with Gasteiger partial charge in [-0.15, -0.1) is 0 Å². The lowest BCUT2D eigenvalue weighted by Gasteiger charge is -2.11. The Morgan fingerprint density at radius 1 is 1.30 bits per heavy atom. The number of ether oxygens (including phenoxy) is 1. The van der Waals surface area contributed by atoms with Crippen LogP contribution in [0.3, 0.4) is 0 Å². The van der Waals surface area contributed by atoms with Gasteiger partial charge in [-0.05, 0) is 37.3 Å². The van der Waals surface area contributed by atoms with E-state index in [4.69, 9.17) is 27.9 Å². The summed E-state index contributed by atoms with van der Waals surface area (Å²) in [5.74, 6) is 0.169. The molecule has 0 aliphatic carbocycles. The number of carbonyl (C=O) groups excluding carboxylic acids is 1. The number of pyridine rings is 1. The Hall–Kier alpha value is -1.78. The van der Waals surface area contributed by atoms with Crippen molar-refractivity contribution in [2.75, 3.05) is 11.9 Å². The summed E-state index contributed by atoms with van der Waals surface area (Å²) in [6, 6.07) is 9.85. The van der Waals surface area contributed by atoms with Crippen LogP contribution in [0.15, 0.2) is 36.4 Å². The predicted octanol–water partition coefficient (Wildman–Crippen LogP) is 4.04. The van der Waals surface area contributed by atoms with Crippen LogP contribution in [0.25, 0.3) is 0 Å². The molecule has 0 aliphatic heterocycles. The van der Waals surface area contributed by atoms with Crippen molar-refractivity contribution in [2.45, 2.75) is 6.92 Å². The quantitative estimate of drug-likeness (QED) is 0.867. The van der Waals surface area contributed by atoms with Gasteiger partial charge in [0.15, 0.2) is 0 Å². The summed E-state index contributed by atoms with van der Waals surface area (Å²) in [7, 11) is 0. The number of nitrogens with one attached hydrogen (secondary N) is 1. The van der Waals surface area contributed by atoms with E-state index in [9.17, 15) is 4.79 Å². The first-order chi connectivity index (χ1) is 9.60. The summed E-state index contributed by atoms with van der Waals surface area (Å²) in [4.78, 5) is 16.1. The number of carbonyl (C=O) groups is 1. The molecule has 0 spiro atoms. The Kier molecular flexibility index (Phi) is 4.82. The molecule has 0 aliphatic rings. The number of rotatable bonds is 4. The molecular weight excluding hydrogens is 299 g/mol. The van der Waals surface area contributed by atoms with E-state index in [0.717, 1.165) is 0 Å². The second-order valence-corrected chi connectivity index (χ2v) is 4.70. The van der Waals surface area contributed by atoms with E-state index < -0.39 is 0 Å². The molecule has 0 radical (unpaired) electrons. The van der Waals surface area contributed by atoms with Crippen molar-refractivity contribution in [3.8, 4) is 5.75 Å². The van der Waals surface area contributed by atoms with Crippen molar-refractivity contribution in [2.24, 2.45) is 0 Å². The number of aromatic nitrogens is 1. The summed E-state index contributed by atoms with van der Waals surface area (Å²) in [5.41, 5.74) is 0.714. The molecule has 1 aromatic carbocycles. The Labute approximate surface area is 126 Å². The van der Waals surface area contributed by atoms with Gasteiger partial charge < -0.3 is 10.1 Å². The Balaban J connectivity index is 2.25. The molecule has 0 unspecified atom stereocenters. The average molecular weight is 311 g/mol. The molecule has 1 heterocycles. The van der Waals surface area contributed by atoms with Gasteiger partial charge in [-0.3, -0.25) is 4.79 Å². The molecule has 1 aromatic heterocycles. The predicted molar refractivity (Wildman–Crippen MR) is 79.8 cm³/mol. The van der Waals surface area contributed by atoms with Gasteiger partial charge in [-0.25, -0.2) is 4.98 Å². The minimum absolute atomic E-state index is 0.222. The van der Waals surface area contributed by atoms with Gasteiger partial charge in [0.1, 0.15) is 16.6 Å². The van der Waals surface area contributed by atoms with E-state index in [0.29, 0.717) is 23.1 Å². The van der Waals surface area contributed by atoms with Crippen LogP contribution in [0.2, 0.25) is 10.2 Å². The number of amides is 1. The number of halogens is 2. The third-order valence-electron chi connectivity index (χ3n) is 2.44. The zero-order chi connectivity index (χ0) is 14.5. The molecule has 0 fully saturated rings. The van der Waals surface area contributed by atoms with Crippen LogP contribution in [-0.2, 0) is 0 Å². The molecule has 6 heteroatoms. The van der Waals surface area contributed by atoms with E-state index >= 15 is 0 Å². The highest BCUT2D eigenvalue weighted by molar-refractivity contribution is 6.31. The topological polar surface area (TPSA) is 51.2 Å². The summed E-state index contributed by atoms with van der Waals surface area (Å²) < 4.78 is 5.43. The Morgan fingerprint density at radius 3 is 2.80 bits per heavy atom. The van der Waals surface area contributed by atoms with Crippen LogP contribution in [0.4, 0.5) is 5.69 Å². The van der Waals surface area contributed by atoms with E-state index in [1.807, 2.05) is 6.92 Å². The normalized spacial score (nSPS) is 10.2. The molecule has 0 bridgehead atoms. The van der Waals surface area contributed by atoms with Crippen LogP contribution in [0, 0.1) is 0 Å². The van der Waals surface area contributed by atoms with Crippen LogP contribution in [0.5, 0.6) is 5.75 Å². The third-order valence-corrected chi connectivity index (χ3v) is 2.88. The SMILES string of the molecule is CCOc1ccc(Cl)cc1NC(=O)c1cccc(Cl)n1. The van der Waals surface area contributed by atoms with Gasteiger partial charge >= 0.3 is 0 Å². The van der Waals surface area contributed by atoms with Crippen LogP contribution in [0.1, 0.15) is 17.4 Å². The number of nitrogens with zero attached hydrogens (tertiary/aromatic N) is 1. The standard InChI is InChI=1S/C14H12Cl2N2O2/c1-2-20-12-7-6-9(15)8-11(12)18-14(19)10-4-3-5-13(16)17-10/h3-8H,2H2,1H3,(H,18,19). The van der Waals surface area contributed by atoms with Crippen molar-refractivity contribution in [1.29, 1.82) is 0 Å². The minimum atomic E-state index is -0.379. The van der Waals surface area contributed by atoms with Gasteiger partial charge in [0.2, 0.25) is 0 Å². The number of anilines is 1. The molecule has 0 saturated carbocycles. The molecule has 0 saturated heterocycles. The molecule has 2 aromatic rings. The summed E-state index contributed by atoms with van der Waals surface area (Å²) in [5, 5.41) is 3.47. The van der Waals surface area contributed by atoms with Gasteiger partial charge in [0.25, 0.3) is 5.91 Å². The van der Waals surface area contributed by atoms with E-state index in [-0.39, 0.29) is 16.8 Å². The van der Waals surface area contributed by atoms with Crippen LogP contribution < -0.4 is 10.1 Å². The Bertz CT molecular complexity index is 632. The van der Waals surface area contributed by atoms with Crippen LogP contribution >= 0.6 is 23.2 Å². The zero-order valence-corrected chi connectivity index (χ0v) is 12.2. The first kappa shape index (κ1) is 14.6. The van der Waals surface area contributed by atoms with Crippen molar-refractivity contribution in [1.82, 2.24) is 4.98 Å². The van der Waals surface area contributed by atoms with Gasteiger partial charge in [0.05, 0.1) is 12.3 Å².